The molecule has 21 heavy (non-hydrogen) atoms. The maximum atomic E-state index is 12.3. The number of esters is 1. The Kier molecular flexibility index (Phi) is 6.23. The van der Waals surface area contributed by atoms with E-state index in [4.69, 9.17) is 9.47 Å². The number of amides is 1. The highest BCUT2D eigenvalue weighted by Gasteiger charge is 2.51. The molecule has 4 atom stereocenters. The van der Waals surface area contributed by atoms with Gasteiger partial charge in [-0.25, -0.2) is 4.79 Å². The first-order valence-corrected chi connectivity index (χ1v) is 8.18. The van der Waals surface area contributed by atoms with E-state index in [-0.39, 0.29) is 6.61 Å². The lowest BCUT2D eigenvalue weighted by molar-refractivity contribution is -0.143. The van der Waals surface area contributed by atoms with Crippen molar-refractivity contribution in [3.8, 4) is 0 Å². The molecule has 1 saturated heterocycles. The third-order valence-corrected chi connectivity index (χ3v) is 3.98. The highest BCUT2D eigenvalue weighted by Crippen LogP contribution is 2.29. The van der Waals surface area contributed by atoms with Crippen molar-refractivity contribution in [1.82, 2.24) is 4.90 Å². The SMILES string of the molecule is CC(=O)OC[C@@H]1[C@@H](O)[C@@H](O)[C@H](CI)N1C(=O)OC(C)(C)C. The Morgan fingerprint density at radius 1 is 1.19 bits per heavy atom. The largest absolute Gasteiger partial charge is 0.464 e. The van der Waals surface area contributed by atoms with Gasteiger partial charge in [0.25, 0.3) is 0 Å². The number of carbonyl (C=O) groups is 2. The zero-order valence-corrected chi connectivity index (χ0v) is 14.7. The molecule has 1 aliphatic rings. The third kappa shape index (κ3) is 4.68. The van der Waals surface area contributed by atoms with Crippen LogP contribution in [0.5, 0.6) is 0 Å². The van der Waals surface area contributed by atoms with Crippen LogP contribution < -0.4 is 0 Å². The monoisotopic (exact) mass is 415 g/mol. The highest BCUT2D eigenvalue weighted by molar-refractivity contribution is 14.1. The fraction of sp³-hybridized carbons (Fsp3) is 0.846. The number of aliphatic hydroxyl groups is 2. The predicted octanol–water partition coefficient (Wildman–Crippen LogP) is 0.694. The molecule has 1 aliphatic heterocycles. The summed E-state index contributed by atoms with van der Waals surface area (Å²) >= 11 is 2.02. The molecule has 1 heterocycles. The second-order valence-electron chi connectivity index (χ2n) is 5.96. The zero-order valence-electron chi connectivity index (χ0n) is 12.6. The number of hydrogen-bond acceptors (Lipinski definition) is 6. The Morgan fingerprint density at radius 3 is 2.14 bits per heavy atom. The number of aliphatic hydroxyl groups excluding tert-OH is 2. The molecule has 1 amide bonds. The number of likely N-dealkylation sites (tertiary alicyclic amines) is 1. The molecule has 1 rings (SSSR count). The van der Waals surface area contributed by atoms with Gasteiger partial charge in [0.1, 0.15) is 24.4 Å². The van der Waals surface area contributed by atoms with E-state index >= 15 is 0 Å². The summed E-state index contributed by atoms with van der Waals surface area (Å²) in [5, 5.41) is 20.2. The Morgan fingerprint density at radius 2 is 1.71 bits per heavy atom. The Hall–Kier alpha value is -0.610. The third-order valence-electron chi connectivity index (χ3n) is 3.07. The minimum atomic E-state index is -1.18. The van der Waals surface area contributed by atoms with Crippen molar-refractivity contribution in [2.45, 2.75) is 57.6 Å². The van der Waals surface area contributed by atoms with Crippen LogP contribution in [-0.4, -0.2) is 68.1 Å². The zero-order chi connectivity index (χ0) is 16.4. The minimum absolute atomic E-state index is 0.181. The lowest BCUT2D eigenvalue weighted by Crippen LogP contribution is -2.48. The van der Waals surface area contributed by atoms with E-state index < -0.39 is 42.0 Å². The number of nitrogens with zero attached hydrogens (tertiary/aromatic N) is 1. The quantitative estimate of drug-likeness (QED) is 0.400. The van der Waals surface area contributed by atoms with Crippen molar-refractivity contribution in [2.75, 3.05) is 11.0 Å². The van der Waals surface area contributed by atoms with E-state index in [9.17, 15) is 19.8 Å². The first kappa shape index (κ1) is 18.4. The van der Waals surface area contributed by atoms with Crippen LogP contribution in [0.3, 0.4) is 0 Å². The van der Waals surface area contributed by atoms with Crippen LogP contribution >= 0.6 is 22.6 Å². The van der Waals surface area contributed by atoms with Gasteiger partial charge in [-0.1, -0.05) is 22.6 Å². The molecule has 0 bridgehead atoms. The van der Waals surface area contributed by atoms with Gasteiger partial charge in [-0.05, 0) is 20.8 Å². The van der Waals surface area contributed by atoms with Crippen LogP contribution in [0.1, 0.15) is 27.7 Å². The van der Waals surface area contributed by atoms with Gasteiger partial charge in [0, 0.05) is 11.4 Å². The summed E-state index contributed by atoms with van der Waals surface area (Å²) in [5.41, 5.74) is -0.697. The lowest BCUT2D eigenvalue weighted by atomic mass is 10.1. The van der Waals surface area contributed by atoms with E-state index in [2.05, 4.69) is 0 Å². The maximum Gasteiger partial charge on any atom is 0.411 e. The molecule has 0 aromatic carbocycles. The second kappa shape index (κ2) is 7.10. The van der Waals surface area contributed by atoms with Crippen LogP contribution in [0.2, 0.25) is 0 Å². The Balaban J connectivity index is 2.95. The summed E-state index contributed by atoms with van der Waals surface area (Å²) < 4.78 is 10.6. The predicted molar refractivity (Wildman–Crippen MR) is 83.2 cm³/mol. The van der Waals surface area contributed by atoms with E-state index in [1.807, 2.05) is 22.6 Å². The van der Waals surface area contributed by atoms with Crippen molar-refractivity contribution in [2.24, 2.45) is 0 Å². The Bertz CT molecular complexity index is 397. The average molecular weight is 415 g/mol. The normalized spacial score (nSPS) is 29.4. The van der Waals surface area contributed by atoms with E-state index in [1.165, 1.54) is 11.8 Å². The van der Waals surface area contributed by atoms with Gasteiger partial charge in [0.2, 0.25) is 0 Å². The number of ether oxygens (including phenoxy) is 2. The topological polar surface area (TPSA) is 96.3 Å². The fourth-order valence-electron chi connectivity index (χ4n) is 2.16. The number of alkyl halides is 1. The molecule has 0 spiro atoms. The first-order chi connectivity index (χ1) is 9.58. The molecule has 1 fully saturated rings. The van der Waals surface area contributed by atoms with Crippen molar-refractivity contribution >= 4 is 34.7 Å². The van der Waals surface area contributed by atoms with Gasteiger partial charge in [-0.15, -0.1) is 0 Å². The van der Waals surface area contributed by atoms with Crippen molar-refractivity contribution in [1.29, 1.82) is 0 Å². The Labute approximate surface area is 137 Å². The van der Waals surface area contributed by atoms with E-state index in [0.717, 1.165) is 0 Å². The summed E-state index contributed by atoms with van der Waals surface area (Å²) in [7, 11) is 0. The molecule has 7 nitrogen and oxygen atoms in total. The summed E-state index contributed by atoms with van der Waals surface area (Å²) in [6.45, 7) is 6.25. The molecule has 2 N–H and O–H groups in total. The average Bonchev–Trinajstić information content (AvgIpc) is 2.57. The molecule has 0 aromatic heterocycles. The standard InChI is InChI=1S/C13H22INO6/c1-7(16)20-6-9-11(18)10(17)8(5-14)15(9)12(19)21-13(2,3)4/h8-11,17-18H,5-6H2,1-4H3/t8-,9+,10-,11+/m0/s1. The first-order valence-electron chi connectivity index (χ1n) is 6.65. The van der Waals surface area contributed by atoms with Gasteiger partial charge in [-0.2, -0.15) is 0 Å². The van der Waals surface area contributed by atoms with Crippen LogP contribution in [-0.2, 0) is 14.3 Å². The second-order valence-corrected chi connectivity index (χ2v) is 6.84. The molecular weight excluding hydrogens is 393 g/mol. The van der Waals surface area contributed by atoms with Crippen molar-refractivity contribution in [3.05, 3.63) is 0 Å². The van der Waals surface area contributed by atoms with Crippen LogP contribution in [0.15, 0.2) is 0 Å². The minimum Gasteiger partial charge on any atom is -0.464 e. The summed E-state index contributed by atoms with van der Waals surface area (Å²) in [4.78, 5) is 24.5. The molecule has 0 unspecified atom stereocenters. The number of rotatable bonds is 3. The number of halogens is 1. The molecule has 0 aliphatic carbocycles. The summed E-state index contributed by atoms with van der Waals surface area (Å²) in [6.07, 6.45) is -2.93. The van der Waals surface area contributed by atoms with Crippen LogP contribution in [0.4, 0.5) is 4.79 Å². The van der Waals surface area contributed by atoms with Gasteiger partial charge >= 0.3 is 12.1 Å². The van der Waals surface area contributed by atoms with E-state index in [0.29, 0.717) is 4.43 Å². The van der Waals surface area contributed by atoms with E-state index in [1.54, 1.807) is 20.8 Å². The van der Waals surface area contributed by atoms with Crippen LogP contribution in [0.25, 0.3) is 0 Å². The van der Waals surface area contributed by atoms with Gasteiger partial charge < -0.3 is 19.7 Å². The molecule has 0 aromatic rings. The van der Waals surface area contributed by atoms with Gasteiger partial charge in [0.15, 0.2) is 0 Å². The molecule has 8 heteroatoms. The smallest absolute Gasteiger partial charge is 0.411 e. The van der Waals surface area contributed by atoms with Gasteiger partial charge in [0.05, 0.1) is 12.1 Å². The van der Waals surface area contributed by atoms with Crippen LogP contribution in [0, 0.1) is 0 Å². The number of hydrogen-bond donors (Lipinski definition) is 2. The molecule has 0 radical (unpaired) electrons. The molecular formula is C13H22INO6. The molecule has 122 valence electrons. The fourth-order valence-corrected chi connectivity index (χ4v) is 3.11. The lowest BCUT2D eigenvalue weighted by Gasteiger charge is -2.31. The highest BCUT2D eigenvalue weighted by atomic mass is 127. The van der Waals surface area contributed by atoms with Crippen molar-refractivity contribution < 1.29 is 29.3 Å². The maximum absolute atomic E-state index is 12.3. The number of carbonyl (C=O) groups excluding carboxylic acids is 2. The summed E-state index contributed by atoms with van der Waals surface area (Å²) in [6, 6.07) is -1.41. The van der Waals surface area contributed by atoms with Gasteiger partial charge in [-0.3, -0.25) is 9.69 Å². The summed E-state index contributed by atoms with van der Waals surface area (Å²) in [5.74, 6) is -0.515. The molecule has 0 saturated carbocycles. The van der Waals surface area contributed by atoms with Crippen molar-refractivity contribution in [3.63, 3.8) is 0 Å².